The van der Waals surface area contributed by atoms with Crippen molar-refractivity contribution in [1.29, 1.82) is 0 Å². The highest BCUT2D eigenvalue weighted by molar-refractivity contribution is 7.99. The van der Waals surface area contributed by atoms with Crippen LogP contribution in [-0.2, 0) is 14.3 Å². The summed E-state index contributed by atoms with van der Waals surface area (Å²) in [6.07, 6.45) is 1.52. The number of amides is 2. The highest BCUT2D eigenvalue weighted by Gasteiger charge is 2.39. The van der Waals surface area contributed by atoms with E-state index in [0.717, 1.165) is 29.0 Å². The van der Waals surface area contributed by atoms with E-state index in [1.54, 1.807) is 0 Å². The lowest BCUT2D eigenvalue weighted by Gasteiger charge is -2.43. The Kier molecular flexibility index (Phi) is 4.62. The van der Waals surface area contributed by atoms with Gasteiger partial charge in [0.2, 0.25) is 11.8 Å². The summed E-state index contributed by atoms with van der Waals surface area (Å²) in [6, 6.07) is 6.07. The molecule has 0 aliphatic carbocycles. The zero-order valence-electron chi connectivity index (χ0n) is 14.7. The minimum absolute atomic E-state index is 0.0634. The van der Waals surface area contributed by atoms with Crippen LogP contribution >= 0.6 is 11.8 Å². The van der Waals surface area contributed by atoms with Crippen molar-refractivity contribution in [3.63, 3.8) is 0 Å². The second kappa shape index (κ2) is 6.92. The predicted molar refractivity (Wildman–Crippen MR) is 99.1 cm³/mol. The van der Waals surface area contributed by atoms with Crippen molar-refractivity contribution in [2.75, 3.05) is 32.0 Å². The van der Waals surface area contributed by atoms with Crippen molar-refractivity contribution in [2.45, 2.75) is 30.5 Å². The van der Waals surface area contributed by atoms with Crippen molar-refractivity contribution in [1.82, 2.24) is 20.2 Å². The first-order valence-corrected chi connectivity index (χ1v) is 9.79. The van der Waals surface area contributed by atoms with Gasteiger partial charge in [0.1, 0.15) is 6.61 Å². The Hall–Kier alpha value is -2.06. The number of ether oxygens (including phenoxy) is 1. The maximum Gasteiger partial charge on any atom is 0.246 e. The first-order valence-electron chi connectivity index (χ1n) is 8.81. The van der Waals surface area contributed by atoms with Gasteiger partial charge in [-0.05, 0) is 37.5 Å². The zero-order valence-corrected chi connectivity index (χ0v) is 15.5. The van der Waals surface area contributed by atoms with Crippen molar-refractivity contribution >= 4 is 34.6 Å². The van der Waals surface area contributed by atoms with Crippen LogP contribution in [-0.4, -0.2) is 64.3 Å². The molecule has 7 nitrogen and oxygen atoms in total. The van der Waals surface area contributed by atoms with Crippen molar-refractivity contribution in [3.8, 4) is 0 Å². The number of hydrogen-bond donors (Lipinski definition) is 2. The predicted octanol–water partition coefficient (Wildman–Crippen LogP) is 1.47. The maximum atomic E-state index is 12.5. The third-order valence-corrected chi connectivity index (χ3v) is 5.95. The third kappa shape index (κ3) is 3.57. The second-order valence-corrected chi connectivity index (χ2v) is 7.94. The molecule has 4 rings (SSSR count). The molecular formula is C18H22N4O3S. The summed E-state index contributed by atoms with van der Waals surface area (Å²) < 4.78 is 5.75. The first-order chi connectivity index (χ1) is 12.5. The molecule has 1 spiro atoms. The van der Waals surface area contributed by atoms with E-state index in [1.165, 1.54) is 17.3 Å². The zero-order chi connectivity index (χ0) is 18.1. The van der Waals surface area contributed by atoms with E-state index in [2.05, 4.69) is 21.4 Å². The Morgan fingerprint density at radius 2 is 2.19 bits per heavy atom. The fourth-order valence-electron chi connectivity index (χ4n) is 3.45. The number of thioether (sulfide) groups is 1. The molecule has 2 aliphatic rings. The molecule has 0 radical (unpaired) electrons. The number of hydrogen-bond acceptors (Lipinski definition) is 5. The fourth-order valence-corrected chi connectivity index (χ4v) is 4.24. The Morgan fingerprint density at radius 1 is 1.38 bits per heavy atom. The number of morpholine rings is 1. The molecule has 2 N–H and O–H groups in total. The molecule has 0 saturated carbocycles. The molecule has 1 aromatic carbocycles. The number of imidazole rings is 1. The summed E-state index contributed by atoms with van der Waals surface area (Å²) in [5.74, 6) is 0.413. The lowest BCUT2D eigenvalue weighted by molar-refractivity contribution is -0.153. The van der Waals surface area contributed by atoms with Crippen LogP contribution in [0.4, 0.5) is 0 Å². The average Bonchev–Trinajstić information content (AvgIpc) is 3.05. The molecule has 0 atom stereocenters. The molecule has 8 heteroatoms. The van der Waals surface area contributed by atoms with Gasteiger partial charge in [-0.25, -0.2) is 4.98 Å². The number of nitrogens with one attached hydrogen (secondary N) is 2. The molecule has 2 amide bonds. The normalized spacial score (nSPS) is 19.7. The number of likely N-dealkylation sites (tertiary alicyclic amines) is 1. The van der Waals surface area contributed by atoms with Crippen LogP contribution in [0.15, 0.2) is 23.4 Å². The van der Waals surface area contributed by atoms with E-state index in [1.807, 2.05) is 24.0 Å². The monoisotopic (exact) mass is 374 g/mol. The largest absolute Gasteiger partial charge is 0.363 e. The Labute approximate surface area is 155 Å². The van der Waals surface area contributed by atoms with Gasteiger partial charge in [0, 0.05) is 19.6 Å². The fraction of sp³-hybridized carbons (Fsp3) is 0.500. The third-order valence-electron chi connectivity index (χ3n) is 5.09. The van der Waals surface area contributed by atoms with Crippen LogP contribution in [0.2, 0.25) is 0 Å². The number of aryl methyl sites for hydroxylation is 1. The average molecular weight is 374 g/mol. The number of benzene rings is 1. The Morgan fingerprint density at radius 3 is 2.92 bits per heavy atom. The van der Waals surface area contributed by atoms with Gasteiger partial charge in [0.05, 0.1) is 22.4 Å². The molecule has 2 aromatic rings. The summed E-state index contributed by atoms with van der Waals surface area (Å²) in [7, 11) is 0. The summed E-state index contributed by atoms with van der Waals surface area (Å²) in [5, 5.41) is 3.64. The van der Waals surface area contributed by atoms with Gasteiger partial charge in [-0.2, -0.15) is 0 Å². The van der Waals surface area contributed by atoms with Gasteiger partial charge in [-0.1, -0.05) is 17.8 Å². The summed E-state index contributed by atoms with van der Waals surface area (Å²) in [6.45, 7) is 4.03. The molecule has 0 bridgehead atoms. The molecular weight excluding hydrogens is 352 g/mol. The van der Waals surface area contributed by atoms with Crippen molar-refractivity contribution in [3.05, 3.63) is 23.8 Å². The van der Waals surface area contributed by atoms with Gasteiger partial charge >= 0.3 is 0 Å². The molecule has 3 heterocycles. The molecule has 2 aliphatic heterocycles. The van der Waals surface area contributed by atoms with E-state index in [0.29, 0.717) is 25.4 Å². The maximum absolute atomic E-state index is 12.5. The summed E-state index contributed by atoms with van der Waals surface area (Å²) in [4.78, 5) is 33.4. The quantitative estimate of drug-likeness (QED) is 0.795. The molecule has 2 fully saturated rings. The smallest absolute Gasteiger partial charge is 0.246 e. The minimum Gasteiger partial charge on any atom is -0.363 e. The van der Waals surface area contributed by atoms with Crippen LogP contribution in [0.1, 0.15) is 18.4 Å². The second-order valence-electron chi connectivity index (χ2n) is 6.98. The van der Waals surface area contributed by atoms with Crippen LogP contribution in [0.5, 0.6) is 0 Å². The van der Waals surface area contributed by atoms with Gasteiger partial charge in [-0.15, -0.1) is 0 Å². The van der Waals surface area contributed by atoms with E-state index >= 15 is 0 Å². The van der Waals surface area contributed by atoms with Gasteiger partial charge in [0.25, 0.3) is 0 Å². The minimum atomic E-state index is -0.297. The standard InChI is InChI=1S/C18H22N4O3S/c1-12-2-3-13-14(8-12)21-17(20-13)26-10-16(24)22-6-4-18(5-7-22)11-19-15(23)9-25-18/h2-3,8H,4-7,9-11H2,1H3,(H,19,23)(H,20,21). The van der Waals surface area contributed by atoms with Crippen LogP contribution < -0.4 is 5.32 Å². The number of carbonyl (C=O) groups excluding carboxylic acids is 2. The van der Waals surface area contributed by atoms with Gasteiger partial charge in [-0.3, -0.25) is 9.59 Å². The highest BCUT2D eigenvalue weighted by atomic mass is 32.2. The van der Waals surface area contributed by atoms with Gasteiger partial charge in [0.15, 0.2) is 5.16 Å². The number of rotatable bonds is 3. The van der Waals surface area contributed by atoms with E-state index < -0.39 is 0 Å². The van der Waals surface area contributed by atoms with E-state index in [4.69, 9.17) is 4.74 Å². The summed E-state index contributed by atoms with van der Waals surface area (Å²) >= 11 is 1.44. The molecule has 2 saturated heterocycles. The lowest BCUT2D eigenvalue weighted by atomic mass is 9.90. The van der Waals surface area contributed by atoms with Crippen molar-refractivity contribution < 1.29 is 14.3 Å². The number of aromatic nitrogens is 2. The number of aromatic amines is 1. The van der Waals surface area contributed by atoms with Gasteiger partial charge < -0.3 is 19.9 Å². The Balaban J connectivity index is 1.30. The number of H-pyrrole nitrogens is 1. The highest BCUT2D eigenvalue weighted by Crippen LogP contribution is 2.28. The van der Waals surface area contributed by atoms with E-state index in [9.17, 15) is 9.59 Å². The number of nitrogens with zero attached hydrogens (tertiary/aromatic N) is 2. The first kappa shape index (κ1) is 17.4. The molecule has 1 aromatic heterocycles. The van der Waals surface area contributed by atoms with Crippen molar-refractivity contribution in [2.24, 2.45) is 0 Å². The number of piperidine rings is 1. The Bertz CT molecular complexity index is 830. The van der Waals surface area contributed by atoms with E-state index in [-0.39, 0.29) is 24.0 Å². The van der Waals surface area contributed by atoms with Crippen LogP contribution in [0.25, 0.3) is 11.0 Å². The molecule has 26 heavy (non-hydrogen) atoms. The summed E-state index contributed by atoms with van der Waals surface area (Å²) in [5.41, 5.74) is 2.80. The SMILES string of the molecule is Cc1ccc2nc(SCC(=O)N3CCC4(CC3)CNC(=O)CO4)[nH]c2c1. The lowest BCUT2D eigenvalue weighted by Crippen LogP contribution is -2.58. The van der Waals surface area contributed by atoms with Crippen LogP contribution in [0, 0.1) is 6.92 Å². The number of fused-ring (bicyclic) bond motifs is 1. The molecule has 138 valence electrons. The number of carbonyl (C=O) groups is 2. The topological polar surface area (TPSA) is 87.3 Å². The molecule has 0 unspecified atom stereocenters. The van der Waals surface area contributed by atoms with Crippen LogP contribution in [0.3, 0.4) is 0 Å².